The van der Waals surface area contributed by atoms with Gasteiger partial charge in [0.15, 0.2) is 23.9 Å². The average Bonchev–Trinajstić information content (AvgIpc) is 2.87. The fourth-order valence-electron chi connectivity index (χ4n) is 5.67. The number of ketones is 3. The lowest BCUT2D eigenvalue weighted by Gasteiger charge is -2.42. The number of fused-ring (bicyclic) bond motifs is 3. The highest BCUT2D eigenvalue weighted by atomic mass is 35.5. The summed E-state index contributed by atoms with van der Waals surface area (Å²) in [5.74, 6) is -3.42. The molecule has 5 rings (SSSR count). The Morgan fingerprint density at radius 2 is 1.85 bits per heavy atom. The van der Waals surface area contributed by atoms with Crippen LogP contribution in [0, 0.1) is 0 Å². The number of carbonyl (C=O) groups is 3. The summed E-state index contributed by atoms with van der Waals surface area (Å²) in [6, 6.07) is 3.31. The normalized spacial score (nSPS) is 29.1. The van der Waals surface area contributed by atoms with Crippen LogP contribution in [0.1, 0.15) is 75.8 Å². The number of aliphatic hydroxyl groups excluding tert-OH is 1. The van der Waals surface area contributed by atoms with Crippen molar-refractivity contribution in [3.05, 3.63) is 51.6 Å². The molecule has 4 unspecified atom stereocenters. The molecule has 3 aliphatic rings. The summed E-state index contributed by atoms with van der Waals surface area (Å²) in [6.45, 7) is 2.77. The van der Waals surface area contributed by atoms with Gasteiger partial charge in [-0.2, -0.15) is 0 Å². The molecule has 0 amide bonds. The lowest BCUT2D eigenvalue weighted by molar-refractivity contribution is -0.247. The Morgan fingerprint density at radius 3 is 2.48 bits per heavy atom. The predicted molar refractivity (Wildman–Crippen MR) is 142 cm³/mol. The molecule has 0 radical (unpaired) electrons. The van der Waals surface area contributed by atoms with E-state index in [0.717, 1.165) is 0 Å². The second kappa shape index (κ2) is 10.9. The van der Waals surface area contributed by atoms with Crippen LogP contribution in [0.4, 0.5) is 0 Å². The van der Waals surface area contributed by atoms with Gasteiger partial charge in [-0.25, -0.2) is 0 Å². The number of halogens is 2. The lowest BCUT2D eigenvalue weighted by Crippen LogP contribution is -2.52. The quantitative estimate of drug-likeness (QED) is 0.214. The summed E-state index contributed by atoms with van der Waals surface area (Å²) in [5.41, 5.74) is 2.74. The molecule has 40 heavy (non-hydrogen) atoms. The Balaban J connectivity index is 0.00000370. The number of phenols is 2. The third kappa shape index (κ3) is 4.65. The molecule has 1 saturated heterocycles. The summed E-state index contributed by atoms with van der Waals surface area (Å²) in [5, 5.41) is 44.2. The minimum atomic E-state index is -2.02. The summed E-state index contributed by atoms with van der Waals surface area (Å²) < 4.78 is 17.1. The number of rotatable bonds is 5. The summed E-state index contributed by atoms with van der Waals surface area (Å²) in [4.78, 5) is 39.7. The molecule has 6 N–H and O–H groups in total. The van der Waals surface area contributed by atoms with Crippen molar-refractivity contribution in [1.29, 1.82) is 0 Å². The number of carbonyl (C=O) groups excluding carboxylic acids is 3. The molecule has 2 aromatic rings. The van der Waals surface area contributed by atoms with Gasteiger partial charge in [0.2, 0.25) is 5.78 Å². The first-order valence-corrected chi connectivity index (χ1v) is 12.9. The molecule has 216 valence electrons. The standard InChI is InChI=1S/C27H28ClNO10.ClH/c1-10-22(31)14(29)6-17(38-10)39-16-8-27(36,11(2)30)7-13-19(16)26(35)21-20(24(13)33)23(32)12-4-3-5-15(37-9-28)18(12)25(21)34;/h3-5,10,14,16-17,22,31,33,35-36H,6-9,29H2,1-2H3;1H/t10?,14?,16-,17?,22?,27-;/m0./s1. The third-order valence-corrected chi connectivity index (χ3v) is 7.90. The molecule has 1 fully saturated rings. The molecular formula is C27H29Cl2NO10. The molecule has 11 nitrogen and oxygen atoms in total. The van der Waals surface area contributed by atoms with Gasteiger partial charge in [-0.05, 0) is 19.9 Å². The van der Waals surface area contributed by atoms with E-state index in [0.29, 0.717) is 0 Å². The minimum Gasteiger partial charge on any atom is -0.507 e. The number of nitrogens with two attached hydrogens (primary N) is 1. The summed E-state index contributed by atoms with van der Waals surface area (Å²) in [6.07, 6.45) is -4.63. The number of hydrogen-bond donors (Lipinski definition) is 5. The molecule has 6 atom stereocenters. The van der Waals surface area contributed by atoms with Crippen LogP contribution in [0.5, 0.6) is 17.2 Å². The molecule has 0 spiro atoms. The first kappa shape index (κ1) is 30.2. The van der Waals surface area contributed by atoms with E-state index in [9.17, 15) is 34.8 Å². The molecule has 0 bridgehead atoms. The first-order chi connectivity index (χ1) is 18.4. The van der Waals surface area contributed by atoms with E-state index < -0.39 is 82.6 Å². The number of alkyl halides is 1. The molecule has 0 aromatic heterocycles. The van der Waals surface area contributed by atoms with Gasteiger partial charge in [-0.3, -0.25) is 14.4 Å². The maximum atomic E-state index is 13.7. The Labute approximate surface area is 240 Å². The number of phenolic OH excluding ortho intramolecular Hbond substituents is 2. The zero-order chi connectivity index (χ0) is 28.4. The van der Waals surface area contributed by atoms with Gasteiger partial charge in [-0.1, -0.05) is 23.7 Å². The van der Waals surface area contributed by atoms with E-state index in [2.05, 4.69) is 0 Å². The number of ether oxygens (including phenoxy) is 3. The van der Waals surface area contributed by atoms with Crippen molar-refractivity contribution < 1.29 is 49.0 Å². The zero-order valence-corrected chi connectivity index (χ0v) is 23.1. The van der Waals surface area contributed by atoms with Crippen LogP contribution in [-0.2, 0) is 20.7 Å². The van der Waals surface area contributed by atoms with Crippen LogP contribution in [0.25, 0.3) is 0 Å². The highest BCUT2D eigenvalue weighted by Crippen LogP contribution is 2.52. The van der Waals surface area contributed by atoms with Crippen molar-refractivity contribution in [3.8, 4) is 17.2 Å². The number of benzene rings is 2. The fraction of sp³-hybridized carbons (Fsp3) is 0.444. The molecule has 2 aromatic carbocycles. The van der Waals surface area contributed by atoms with E-state index in [1.54, 1.807) is 6.92 Å². The molecule has 2 aliphatic carbocycles. The van der Waals surface area contributed by atoms with Crippen LogP contribution < -0.4 is 10.5 Å². The number of aromatic hydroxyl groups is 2. The maximum absolute atomic E-state index is 13.7. The highest BCUT2D eigenvalue weighted by Gasteiger charge is 2.49. The van der Waals surface area contributed by atoms with Gasteiger partial charge >= 0.3 is 0 Å². The van der Waals surface area contributed by atoms with Gasteiger partial charge in [0.25, 0.3) is 0 Å². The molecule has 0 saturated carbocycles. The topological polar surface area (TPSA) is 186 Å². The van der Waals surface area contributed by atoms with Crippen molar-refractivity contribution in [2.75, 3.05) is 6.07 Å². The zero-order valence-electron chi connectivity index (χ0n) is 21.5. The molecular weight excluding hydrogens is 569 g/mol. The van der Waals surface area contributed by atoms with Gasteiger partial charge in [0.1, 0.15) is 22.8 Å². The van der Waals surface area contributed by atoms with Crippen LogP contribution in [0.2, 0.25) is 0 Å². The number of Topliss-reactive ketones (excluding diaryl/α,β-unsaturated/α-hetero) is 1. The highest BCUT2D eigenvalue weighted by molar-refractivity contribution is 6.31. The van der Waals surface area contributed by atoms with E-state index >= 15 is 0 Å². The SMILES string of the molecule is CC(=O)[C@]1(O)Cc2c(O)c3c(c(O)c2[C@@H](OC2CC(N)C(O)C(C)O2)C1)C(=O)c1c(OCCl)cccc1C3=O.Cl. The summed E-state index contributed by atoms with van der Waals surface area (Å²) >= 11 is 5.70. The van der Waals surface area contributed by atoms with E-state index in [1.807, 2.05) is 0 Å². The van der Waals surface area contributed by atoms with Crippen LogP contribution in [0.15, 0.2) is 18.2 Å². The molecule has 1 aliphatic heterocycles. The van der Waals surface area contributed by atoms with Gasteiger partial charge in [0.05, 0.1) is 35.0 Å². The van der Waals surface area contributed by atoms with Crippen molar-refractivity contribution in [2.45, 2.75) is 69.4 Å². The van der Waals surface area contributed by atoms with Crippen LogP contribution >= 0.6 is 24.0 Å². The fourth-order valence-corrected chi connectivity index (χ4v) is 5.79. The number of hydrogen-bond acceptors (Lipinski definition) is 11. The average molecular weight is 598 g/mol. The van der Waals surface area contributed by atoms with Gasteiger partial charge in [-0.15, -0.1) is 12.4 Å². The maximum Gasteiger partial charge on any atom is 0.202 e. The van der Waals surface area contributed by atoms with E-state index in [1.165, 1.54) is 25.1 Å². The number of aliphatic hydroxyl groups is 2. The smallest absolute Gasteiger partial charge is 0.202 e. The van der Waals surface area contributed by atoms with Gasteiger partial charge in [0, 0.05) is 42.0 Å². The van der Waals surface area contributed by atoms with Crippen molar-refractivity contribution in [3.63, 3.8) is 0 Å². The Hall–Kier alpha value is -2.77. The van der Waals surface area contributed by atoms with Crippen LogP contribution in [-0.4, -0.2) is 74.0 Å². The Bertz CT molecular complexity index is 1390. The van der Waals surface area contributed by atoms with E-state index in [-0.39, 0.29) is 59.3 Å². The van der Waals surface area contributed by atoms with Crippen LogP contribution in [0.3, 0.4) is 0 Å². The van der Waals surface area contributed by atoms with Crippen molar-refractivity contribution >= 4 is 41.4 Å². The summed E-state index contributed by atoms with van der Waals surface area (Å²) in [7, 11) is 0. The second-order valence-corrected chi connectivity index (χ2v) is 10.4. The minimum absolute atomic E-state index is 0. The third-order valence-electron chi connectivity index (χ3n) is 7.79. The monoisotopic (exact) mass is 597 g/mol. The largest absolute Gasteiger partial charge is 0.507 e. The van der Waals surface area contributed by atoms with Crippen molar-refractivity contribution in [2.24, 2.45) is 5.73 Å². The molecule has 1 heterocycles. The van der Waals surface area contributed by atoms with Crippen molar-refractivity contribution in [1.82, 2.24) is 0 Å². The Kier molecular flexibility index (Phi) is 8.23. The first-order valence-electron chi connectivity index (χ1n) is 12.4. The lowest BCUT2D eigenvalue weighted by atomic mass is 9.72. The predicted octanol–water partition coefficient (Wildman–Crippen LogP) is 2.02. The molecule has 13 heteroatoms. The second-order valence-electron chi connectivity index (χ2n) is 10.2. The van der Waals surface area contributed by atoms with E-state index in [4.69, 9.17) is 31.5 Å². The van der Waals surface area contributed by atoms with Gasteiger partial charge < -0.3 is 40.4 Å². The Morgan fingerprint density at radius 1 is 1.18 bits per heavy atom.